The summed E-state index contributed by atoms with van der Waals surface area (Å²) in [5, 5.41) is 1.08. The van der Waals surface area contributed by atoms with E-state index in [9.17, 15) is 4.79 Å². The van der Waals surface area contributed by atoms with Gasteiger partial charge in [-0.1, -0.05) is 27.7 Å². The summed E-state index contributed by atoms with van der Waals surface area (Å²) < 4.78 is 0.120. The first-order chi connectivity index (χ1) is 5.06. The molecule has 0 bridgehead atoms. The summed E-state index contributed by atoms with van der Waals surface area (Å²) in [6, 6.07) is 0. The highest BCUT2D eigenvalue weighted by Gasteiger charge is 2.11. The molecule has 11 heavy (non-hydrogen) atoms. The fraction of sp³-hybridized carbons (Fsp3) is 0.875. The molecule has 3 heteroatoms. The first-order valence-electron chi connectivity index (χ1n) is 3.82. The van der Waals surface area contributed by atoms with Gasteiger partial charge in [0.25, 0.3) is 0 Å². The Morgan fingerprint density at radius 2 is 1.36 bits per heavy atom. The molecule has 0 unspecified atom stereocenters. The Morgan fingerprint density at radius 1 is 1.00 bits per heavy atom. The molecule has 0 N–H and O–H groups in total. The maximum Gasteiger partial charge on any atom is 0.142 e. The normalized spacial score (nSPS) is 11.5. The Labute approximate surface area is 77.7 Å². The fourth-order valence-corrected chi connectivity index (χ4v) is 3.42. The molecule has 0 aromatic rings. The van der Waals surface area contributed by atoms with Crippen molar-refractivity contribution in [3.63, 3.8) is 0 Å². The van der Waals surface area contributed by atoms with Crippen LogP contribution < -0.4 is 0 Å². The maximum absolute atomic E-state index is 10.5. The molecule has 0 aliphatic rings. The van der Waals surface area contributed by atoms with Crippen LogP contribution in [-0.2, 0) is 4.79 Å². The Kier molecular flexibility index (Phi) is 6.15. The Morgan fingerprint density at radius 3 is 1.55 bits per heavy atom. The van der Waals surface area contributed by atoms with Crippen LogP contribution in [0.1, 0.15) is 27.7 Å². The predicted octanol–water partition coefficient (Wildman–Crippen LogP) is 2.79. The highest BCUT2D eigenvalue weighted by atomic mass is 32.2. The van der Waals surface area contributed by atoms with Crippen molar-refractivity contribution in [1.29, 1.82) is 0 Å². The van der Waals surface area contributed by atoms with E-state index in [2.05, 4.69) is 27.7 Å². The van der Waals surface area contributed by atoms with Gasteiger partial charge in [-0.05, 0) is 0 Å². The van der Waals surface area contributed by atoms with Crippen molar-refractivity contribution in [3.8, 4) is 0 Å². The molecule has 0 heterocycles. The second kappa shape index (κ2) is 5.95. The van der Waals surface area contributed by atoms with Gasteiger partial charge >= 0.3 is 0 Å². The zero-order valence-corrected chi connectivity index (χ0v) is 9.17. The van der Waals surface area contributed by atoms with Gasteiger partial charge in [-0.25, -0.2) is 0 Å². The lowest BCUT2D eigenvalue weighted by Crippen LogP contribution is -2.06. The first kappa shape index (κ1) is 11.4. The molecule has 0 aliphatic carbocycles. The third kappa shape index (κ3) is 6.76. The standard InChI is InChI=1S/C8H16OS2/c1-6(2)10-8(5-9)11-7(3)4/h5-8H,1-4H3. The zero-order valence-electron chi connectivity index (χ0n) is 7.53. The molecule has 0 aliphatic heterocycles. The molecule has 0 rings (SSSR count). The average Bonchev–Trinajstić information content (AvgIpc) is 1.84. The smallest absolute Gasteiger partial charge is 0.142 e. The Balaban J connectivity index is 3.67. The van der Waals surface area contributed by atoms with E-state index in [1.54, 1.807) is 23.5 Å². The van der Waals surface area contributed by atoms with E-state index in [0.717, 1.165) is 6.29 Å². The summed E-state index contributed by atoms with van der Waals surface area (Å²) in [6.45, 7) is 8.45. The second-order valence-corrected chi connectivity index (χ2v) is 6.62. The van der Waals surface area contributed by atoms with Crippen LogP contribution in [-0.4, -0.2) is 21.4 Å². The summed E-state index contributed by atoms with van der Waals surface area (Å²) in [7, 11) is 0. The van der Waals surface area contributed by atoms with Gasteiger partial charge in [0.2, 0.25) is 0 Å². The number of hydrogen-bond acceptors (Lipinski definition) is 3. The van der Waals surface area contributed by atoms with Crippen molar-refractivity contribution in [2.24, 2.45) is 0 Å². The van der Waals surface area contributed by atoms with Crippen LogP contribution in [0.25, 0.3) is 0 Å². The van der Waals surface area contributed by atoms with Gasteiger partial charge in [0.1, 0.15) is 10.9 Å². The maximum atomic E-state index is 10.5. The predicted molar refractivity (Wildman–Crippen MR) is 55.3 cm³/mol. The molecule has 0 amide bonds. The molecule has 0 aromatic heterocycles. The highest BCUT2D eigenvalue weighted by molar-refractivity contribution is 8.18. The molecule has 0 saturated heterocycles. The lowest BCUT2D eigenvalue weighted by Gasteiger charge is -2.13. The number of rotatable bonds is 5. The minimum absolute atomic E-state index is 0.120. The summed E-state index contributed by atoms with van der Waals surface area (Å²) in [6.07, 6.45) is 1.04. The number of carbonyl (C=O) groups excluding carboxylic acids is 1. The van der Waals surface area contributed by atoms with Crippen molar-refractivity contribution in [2.75, 3.05) is 0 Å². The topological polar surface area (TPSA) is 17.1 Å². The number of carbonyl (C=O) groups is 1. The molecule has 66 valence electrons. The first-order valence-corrected chi connectivity index (χ1v) is 5.71. The molecular weight excluding hydrogens is 176 g/mol. The molecule has 0 fully saturated rings. The number of hydrogen-bond donors (Lipinski definition) is 0. The molecule has 0 saturated carbocycles. The Hall–Kier alpha value is 0.370. The van der Waals surface area contributed by atoms with E-state index < -0.39 is 0 Å². The molecule has 1 nitrogen and oxygen atoms in total. The van der Waals surface area contributed by atoms with Crippen LogP contribution in [0.4, 0.5) is 0 Å². The summed E-state index contributed by atoms with van der Waals surface area (Å²) in [5.74, 6) is 0. The van der Waals surface area contributed by atoms with E-state index >= 15 is 0 Å². The van der Waals surface area contributed by atoms with E-state index in [1.165, 1.54) is 0 Å². The third-order valence-corrected chi connectivity index (χ3v) is 3.44. The van der Waals surface area contributed by atoms with Crippen LogP contribution in [0, 0.1) is 0 Å². The largest absolute Gasteiger partial charge is 0.301 e. The Bertz CT molecular complexity index is 103. The van der Waals surface area contributed by atoms with Gasteiger partial charge in [-0.2, -0.15) is 0 Å². The lowest BCUT2D eigenvalue weighted by atomic mass is 10.6. The van der Waals surface area contributed by atoms with Crippen molar-refractivity contribution >= 4 is 29.8 Å². The van der Waals surface area contributed by atoms with Gasteiger partial charge < -0.3 is 4.79 Å². The molecular formula is C8H16OS2. The zero-order chi connectivity index (χ0) is 8.85. The summed E-state index contributed by atoms with van der Waals surface area (Å²) >= 11 is 3.45. The van der Waals surface area contributed by atoms with Gasteiger partial charge in [-0.15, -0.1) is 23.5 Å². The molecule has 0 atom stereocenters. The van der Waals surface area contributed by atoms with Gasteiger partial charge in [0, 0.05) is 10.5 Å². The van der Waals surface area contributed by atoms with E-state index in [1.807, 2.05) is 0 Å². The van der Waals surface area contributed by atoms with Gasteiger partial charge in [-0.3, -0.25) is 0 Å². The summed E-state index contributed by atoms with van der Waals surface area (Å²) in [5.41, 5.74) is 0. The molecule has 0 spiro atoms. The number of thioether (sulfide) groups is 2. The van der Waals surface area contributed by atoms with Crippen LogP contribution in [0.3, 0.4) is 0 Å². The average molecular weight is 192 g/mol. The minimum atomic E-state index is 0.120. The van der Waals surface area contributed by atoms with E-state index in [4.69, 9.17) is 0 Å². The van der Waals surface area contributed by atoms with Gasteiger partial charge in [0.15, 0.2) is 0 Å². The monoisotopic (exact) mass is 192 g/mol. The highest BCUT2D eigenvalue weighted by Crippen LogP contribution is 2.28. The SMILES string of the molecule is CC(C)SC(C=O)SC(C)C. The molecule has 0 aromatic carbocycles. The van der Waals surface area contributed by atoms with Crippen molar-refractivity contribution in [3.05, 3.63) is 0 Å². The van der Waals surface area contributed by atoms with Crippen LogP contribution in [0.2, 0.25) is 0 Å². The van der Waals surface area contributed by atoms with Gasteiger partial charge in [0.05, 0.1) is 0 Å². The van der Waals surface area contributed by atoms with Crippen LogP contribution >= 0.6 is 23.5 Å². The second-order valence-electron chi connectivity index (χ2n) is 2.87. The fourth-order valence-electron chi connectivity index (χ4n) is 0.633. The minimum Gasteiger partial charge on any atom is -0.301 e. The van der Waals surface area contributed by atoms with E-state index in [0.29, 0.717) is 10.5 Å². The quantitative estimate of drug-likeness (QED) is 0.492. The number of aldehydes is 1. The van der Waals surface area contributed by atoms with E-state index in [-0.39, 0.29) is 4.58 Å². The van der Waals surface area contributed by atoms with Crippen molar-refractivity contribution in [2.45, 2.75) is 42.8 Å². The lowest BCUT2D eigenvalue weighted by molar-refractivity contribution is -0.106. The van der Waals surface area contributed by atoms with Crippen molar-refractivity contribution in [1.82, 2.24) is 0 Å². The summed E-state index contributed by atoms with van der Waals surface area (Å²) in [4.78, 5) is 10.5. The van der Waals surface area contributed by atoms with Crippen LogP contribution in [0.5, 0.6) is 0 Å². The van der Waals surface area contributed by atoms with Crippen LogP contribution in [0.15, 0.2) is 0 Å². The van der Waals surface area contributed by atoms with Crippen molar-refractivity contribution < 1.29 is 4.79 Å². The third-order valence-electron chi connectivity index (χ3n) is 0.924. The molecule has 0 radical (unpaired) electrons.